The molecule has 7 heteroatoms. The van der Waals surface area contributed by atoms with E-state index >= 15 is 0 Å². The highest BCUT2D eigenvalue weighted by atomic mass is 16.5. The molecule has 0 aliphatic carbocycles. The van der Waals surface area contributed by atoms with E-state index in [9.17, 15) is 9.59 Å². The van der Waals surface area contributed by atoms with Gasteiger partial charge in [0.25, 0.3) is 5.91 Å². The molecule has 4 rings (SSSR count). The average molecular weight is 418 g/mol. The molecule has 1 N–H and O–H groups in total. The Morgan fingerprint density at radius 3 is 2.77 bits per heavy atom. The molecular formula is C24H26N4O3. The number of carbonyl (C=O) groups excluding carboxylic acids is 2. The summed E-state index contributed by atoms with van der Waals surface area (Å²) < 4.78 is 7.18. The van der Waals surface area contributed by atoms with Crippen molar-refractivity contribution in [2.45, 2.75) is 26.3 Å². The van der Waals surface area contributed by atoms with Crippen molar-refractivity contribution >= 4 is 17.8 Å². The van der Waals surface area contributed by atoms with E-state index in [4.69, 9.17) is 4.74 Å². The summed E-state index contributed by atoms with van der Waals surface area (Å²) in [6.07, 6.45) is 3.25. The van der Waals surface area contributed by atoms with Crippen LogP contribution in [0.3, 0.4) is 0 Å². The lowest BCUT2D eigenvalue weighted by Gasteiger charge is -2.16. The average Bonchev–Trinajstić information content (AvgIpc) is 3.33. The van der Waals surface area contributed by atoms with Crippen molar-refractivity contribution in [2.24, 2.45) is 7.05 Å². The van der Waals surface area contributed by atoms with Gasteiger partial charge in [-0.3, -0.25) is 14.9 Å². The SMILES string of the molecule is COc1ccc(-c2cnc(NC(=O)c3cccc(CN4CCCC4=O)c3)n2C)cc1C. The van der Waals surface area contributed by atoms with E-state index in [1.54, 1.807) is 19.4 Å². The fourth-order valence-electron chi connectivity index (χ4n) is 3.91. The van der Waals surface area contributed by atoms with Crippen molar-refractivity contribution < 1.29 is 14.3 Å². The summed E-state index contributed by atoms with van der Waals surface area (Å²) >= 11 is 0. The largest absolute Gasteiger partial charge is 0.496 e. The number of nitrogens with zero attached hydrogens (tertiary/aromatic N) is 3. The summed E-state index contributed by atoms with van der Waals surface area (Å²) in [6.45, 7) is 3.30. The molecule has 0 spiro atoms. The molecule has 1 fully saturated rings. The Hall–Kier alpha value is -3.61. The first-order chi connectivity index (χ1) is 15.0. The summed E-state index contributed by atoms with van der Waals surface area (Å²) in [6, 6.07) is 13.3. The van der Waals surface area contributed by atoms with Gasteiger partial charge in [-0.15, -0.1) is 0 Å². The topological polar surface area (TPSA) is 76.5 Å². The monoisotopic (exact) mass is 418 g/mol. The number of hydrogen-bond acceptors (Lipinski definition) is 4. The molecule has 1 aliphatic heterocycles. The molecule has 2 aromatic carbocycles. The van der Waals surface area contributed by atoms with Crippen molar-refractivity contribution in [3.05, 3.63) is 65.4 Å². The minimum atomic E-state index is -0.235. The number of imidazole rings is 1. The Morgan fingerprint density at radius 2 is 2.06 bits per heavy atom. The lowest BCUT2D eigenvalue weighted by Crippen LogP contribution is -2.24. The van der Waals surface area contributed by atoms with Gasteiger partial charge in [0.2, 0.25) is 11.9 Å². The van der Waals surface area contributed by atoms with E-state index in [1.165, 1.54) is 0 Å². The van der Waals surface area contributed by atoms with Crippen LogP contribution >= 0.6 is 0 Å². The van der Waals surface area contributed by atoms with E-state index < -0.39 is 0 Å². The van der Waals surface area contributed by atoms with Crippen molar-refractivity contribution in [3.63, 3.8) is 0 Å². The molecule has 3 aromatic rings. The van der Waals surface area contributed by atoms with Crippen molar-refractivity contribution in [2.75, 3.05) is 19.0 Å². The number of methoxy groups -OCH3 is 1. The third-order valence-corrected chi connectivity index (χ3v) is 5.64. The zero-order chi connectivity index (χ0) is 22.0. The lowest BCUT2D eigenvalue weighted by molar-refractivity contribution is -0.128. The fourth-order valence-corrected chi connectivity index (χ4v) is 3.91. The molecular weight excluding hydrogens is 392 g/mol. The van der Waals surface area contributed by atoms with Gasteiger partial charge in [-0.25, -0.2) is 4.98 Å². The van der Waals surface area contributed by atoms with E-state index in [0.29, 0.717) is 24.5 Å². The van der Waals surface area contributed by atoms with Crippen LogP contribution in [-0.4, -0.2) is 39.9 Å². The number of benzene rings is 2. The quantitative estimate of drug-likeness (QED) is 0.661. The van der Waals surface area contributed by atoms with Gasteiger partial charge >= 0.3 is 0 Å². The molecule has 1 saturated heterocycles. The highest BCUT2D eigenvalue weighted by Gasteiger charge is 2.20. The maximum atomic E-state index is 12.8. The standard InChI is InChI=1S/C24H26N4O3/c1-16-12-18(9-10-21(16)31-3)20-14-25-24(27(20)2)26-23(30)19-7-4-6-17(13-19)15-28-11-5-8-22(28)29/h4,6-7,9-10,12-14H,5,8,11,15H2,1-3H3,(H,25,26,30). The van der Waals surface area contributed by atoms with Crippen molar-refractivity contribution in [1.29, 1.82) is 0 Å². The van der Waals surface area contributed by atoms with Gasteiger partial charge in [-0.1, -0.05) is 12.1 Å². The second kappa shape index (κ2) is 8.63. The summed E-state index contributed by atoms with van der Waals surface area (Å²) in [4.78, 5) is 30.9. The van der Waals surface area contributed by atoms with Gasteiger partial charge in [0.05, 0.1) is 19.0 Å². The molecule has 2 heterocycles. The van der Waals surface area contributed by atoms with Crippen LogP contribution in [0.25, 0.3) is 11.3 Å². The molecule has 2 amide bonds. The molecule has 0 radical (unpaired) electrons. The fraction of sp³-hybridized carbons (Fsp3) is 0.292. The molecule has 31 heavy (non-hydrogen) atoms. The number of aryl methyl sites for hydroxylation is 1. The molecule has 0 saturated carbocycles. The first-order valence-electron chi connectivity index (χ1n) is 10.3. The van der Waals surface area contributed by atoms with Crippen LogP contribution in [0.2, 0.25) is 0 Å². The maximum Gasteiger partial charge on any atom is 0.257 e. The zero-order valence-electron chi connectivity index (χ0n) is 18.0. The number of anilines is 1. The van der Waals surface area contributed by atoms with Gasteiger partial charge in [-0.05, 0) is 54.8 Å². The Kier molecular flexibility index (Phi) is 5.75. The van der Waals surface area contributed by atoms with Crippen LogP contribution in [0.1, 0.15) is 34.3 Å². The number of carbonyl (C=O) groups is 2. The predicted octanol–water partition coefficient (Wildman–Crippen LogP) is 3.78. The van der Waals surface area contributed by atoms with Gasteiger partial charge < -0.3 is 14.2 Å². The Morgan fingerprint density at radius 1 is 1.23 bits per heavy atom. The Labute approximate surface area is 181 Å². The number of likely N-dealkylation sites (tertiary alicyclic amines) is 1. The molecule has 0 unspecified atom stereocenters. The molecule has 1 aliphatic rings. The van der Waals surface area contributed by atoms with Crippen LogP contribution < -0.4 is 10.1 Å². The maximum absolute atomic E-state index is 12.8. The lowest BCUT2D eigenvalue weighted by atomic mass is 10.1. The van der Waals surface area contributed by atoms with E-state index in [-0.39, 0.29) is 11.8 Å². The van der Waals surface area contributed by atoms with Crippen LogP contribution in [-0.2, 0) is 18.4 Å². The Balaban J connectivity index is 1.50. The number of ether oxygens (including phenoxy) is 1. The number of hydrogen-bond donors (Lipinski definition) is 1. The summed E-state index contributed by atoms with van der Waals surface area (Å²) in [5, 5.41) is 2.89. The minimum Gasteiger partial charge on any atom is -0.496 e. The first kappa shape index (κ1) is 20.7. The normalized spacial score (nSPS) is 13.5. The number of rotatable bonds is 6. The number of nitrogens with one attached hydrogen (secondary N) is 1. The summed E-state index contributed by atoms with van der Waals surface area (Å²) in [5.74, 6) is 1.23. The minimum absolute atomic E-state index is 0.171. The highest BCUT2D eigenvalue weighted by Crippen LogP contribution is 2.27. The number of aromatic nitrogens is 2. The van der Waals surface area contributed by atoms with Gasteiger partial charge in [0.1, 0.15) is 5.75 Å². The predicted molar refractivity (Wildman–Crippen MR) is 119 cm³/mol. The molecule has 0 bridgehead atoms. The van der Waals surface area contributed by atoms with Crippen molar-refractivity contribution in [1.82, 2.24) is 14.5 Å². The van der Waals surface area contributed by atoms with Gasteiger partial charge in [0.15, 0.2) is 0 Å². The molecule has 1 aromatic heterocycles. The highest BCUT2D eigenvalue weighted by molar-refractivity contribution is 6.03. The van der Waals surface area contributed by atoms with Crippen molar-refractivity contribution in [3.8, 4) is 17.0 Å². The Bertz CT molecular complexity index is 1140. The summed E-state index contributed by atoms with van der Waals surface area (Å²) in [7, 11) is 3.52. The second-order valence-corrected chi connectivity index (χ2v) is 7.78. The smallest absolute Gasteiger partial charge is 0.257 e. The first-order valence-corrected chi connectivity index (χ1v) is 10.3. The van der Waals surface area contributed by atoms with Crippen LogP contribution in [0.15, 0.2) is 48.7 Å². The van der Waals surface area contributed by atoms with Gasteiger partial charge in [0, 0.05) is 37.7 Å². The molecule has 160 valence electrons. The third-order valence-electron chi connectivity index (χ3n) is 5.64. The van der Waals surface area contributed by atoms with Crippen LogP contribution in [0.4, 0.5) is 5.95 Å². The zero-order valence-corrected chi connectivity index (χ0v) is 18.0. The third kappa shape index (κ3) is 4.30. The van der Waals surface area contributed by atoms with Crippen LogP contribution in [0, 0.1) is 6.92 Å². The van der Waals surface area contributed by atoms with E-state index in [2.05, 4.69) is 10.3 Å². The number of amides is 2. The van der Waals surface area contributed by atoms with Gasteiger partial charge in [-0.2, -0.15) is 0 Å². The molecule has 7 nitrogen and oxygen atoms in total. The van der Waals surface area contributed by atoms with E-state index in [0.717, 1.165) is 41.1 Å². The van der Waals surface area contributed by atoms with E-state index in [1.807, 2.05) is 59.8 Å². The van der Waals surface area contributed by atoms with Crippen LogP contribution in [0.5, 0.6) is 5.75 Å². The second-order valence-electron chi connectivity index (χ2n) is 7.78. The molecule has 0 atom stereocenters. The summed E-state index contributed by atoms with van der Waals surface area (Å²) in [5.41, 5.74) is 4.39.